The van der Waals surface area contributed by atoms with E-state index in [2.05, 4.69) is 0 Å². The summed E-state index contributed by atoms with van der Waals surface area (Å²) in [5, 5.41) is 0. The smallest absolute Gasteiger partial charge is 0.309 e. The van der Waals surface area contributed by atoms with E-state index in [1.54, 1.807) is 0 Å². The molecule has 3 nitrogen and oxygen atoms in total. The Bertz CT molecular complexity index is 202. The second-order valence-corrected chi connectivity index (χ2v) is 6.24. The molecule has 0 bridgehead atoms. The summed E-state index contributed by atoms with van der Waals surface area (Å²) in [6.07, 6.45) is 6.85. The summed E-state index contributed by atoms with van der Waals surface area (Å²) in [6, 6.07) is 0. The Morgan fingerprint density at radius 3 is 2.07 bits per heavy atom. The molecule has 0 aliphatic heterocycles. The van der Waals surface area contributed by atoms with E-state index in [-0.39, 0.29) is 0 Å². The monoisotopic (exact) mass is 234 g/mol. The van der Waals surface area contributed by atoms with Crippen molar-refractivity contribution in [2.75, 3.05) is 19.4 Å². The minimum atomic E-state index is -2.79. The second kappa shape index (κ2) is 6.67. The molecule has 4 heteroatoms. The Morgan fingerprint density at radius 2 is 1.60 bits per heavy atom. The van der Waals surface area contributed by atoms with E-state index in [1.165, 1.54) is 32.1 Å². The molecule has 0 aromatic rings. The maximum atomic E-state index is 12.2. The summed E-state index contributed by atoms with van der Waals surface area (Å²) in [5.41, 5.74) is 0. The average molecular weight is 234 g/mol. The Labute approximate surface area is 93.1 Å². The molecule has 0 aromatic carbocycles. The topological polar surface area (TPSA) is 35.5 Å². The lowest BCUT2D eigenvalue weighted by molar-refractivity contribution is 0.212. The Morgan fingerprint density at radius 1 is 1.07 bits per heavy atom. The van der Waals surface area contributed by atoms with Crippen molar-refractivity contribution in [2.45, 2.75) is 46.0 Å². The van der Waals surface area contributed by atoms with Crippen LogP contribution in [0.4, 0.5) is 0 Å². The zero-order valence-electron chi connectivity index (χ0n) is 9.91. The zero-order chi connectivity index (χ0) is 11.1. The zero-order valence-corrected chi connectivity index (χ0v) is 10.8. The van der Waals surface area contributed by atoms with Crippen LogP contribution in [0.5, 0.6) is 0 Å². The lowest BCUT2D eigenvalue weighted by Gasteiger charge is -2.25. The van der Waals surface area contributed by atoms with Crippen molar-refractivity contribution in [3.63, 3.8) is 0 Å². The number of rotatable bonds is 6. The third-order valence-corrected chi connectivity index (χ3v) is 5.12. The van der Waals surface area contributed by atoms with E-state index in [4.69, 9.17) is 9.05 Å². The van der Waals surface area contributed by atoms with Gasteiger partial charge in [-0.05, 0) is 32.6 Å². The predicted molar refractivity (Wildman–Crippen MR) is 62.3 cm³/mol. The van der Waals surface area contributed by atoms with E-state index in [9.17, 15) is 4.57 Å². The summed E-state index contributed by atoms with van der Waals surface area (Å²) in [5.74, 6) is 0.544. The molecule has 1 fully saturated rings. The third-order valence-electron chi connectivity index (χ3n) is 2.86. The van der Waals surface area contributed by atoms with Crippen LogP contribution in [0.15, 0.2) is 0 Å². The fraction of sp³-hybridized carbons (Fsp3) is 1.00. The lowest BCUT2D eigenvalue weighted by Crippen LogP contribution is -2.13. The molecular formula is C11H23O3P. The normalized spacial score (nSPS) is 19.3. The fourth-order valence-corrected chi connectivity index (χ4v) is 4.29. The van der Waals surface area contributed by atoms with Crippen molar-refractivity contribution < 1.29 is 13.6 Å². The molecule has 0 amide bonds. The molecule has 1 aliphatic rings. The van der Waals surface area contributed by atoms with Crippen LogP contribution in [-0.2, 0) is 13.6 Å². The van der Waals surface area contributed by atoms with Gasteiger partial charge in [-0.25, -0.2) is 0 Å². The highest BCUT2D eigenvalue weighted by Gasteiger charge is 2.29. The van der Waals surface area contributed by atoms with E-state index < -0.39 is 7.60 Å². The first-order valence-corrected chi connectivity index (χ1v) is 7.81. The van der Waals surface area contributed by atoms with Crippen LogP contribution in [-0.4, -0.2) is 19.4 Å². The van der Waals surface area contributed by atoms with Crippen LogP contribution in [0, 0.1) is 5.92 Å². The molecule has 0 atom stereocenters. The van der Waals surface area contributed by atoms with Gasteiger partial charge in [0, 0.05) is 0 Å². The average Bonchev–Trinajstić information content (AvgIpc) is 2.19. The molecule has 0 N–H and O–H groups in total. The number of hydrogen-bond acceptors (Lipinski definition) is 3. The van der Waals surface area contributed by atoms with Gasteiger partial charge in [0.05, 0.1) is 19.4 Å². The van der Waals surface area contributed by atoms with E-state index in [0.29, 0.717) is 25.3 Å². The van der Waals surface area contributed by atoms with Crippen molar-refractivity contribution >= 4 is 7.60 Å². The second-order valence-electron chi connectivity index (χ2n) is 4.13. The molecule has 0 spiro atoms. The van der Waals surface area contributed by atoms with Gasteiger partial charge in [0.25, 0.3) is 0 Å². The molecule has 90 valence electrons. The van der Waals surface area contributed by atoms with Crippen LogP contribution in [0.2, 0.25) is 0 Å². The summed E-state index contributed by atoms with van der Waals surface area (Å²) >= 11 is 0. The molecule has 15 heavy (non-hydrogen) atoms. The van der Waals surface area contributed by atoms with E-state index in [0.717, 1.165) is 0 Å². The Kier molecular flexibility index (Phi) is 5.88. The van der Waals surface area contributed by atoms with Crippen molar-refractivity contribution in [2.24, 2.45) is 5.92 Å². The van der Waals surface area contributed by atoms with Gasteiger partial charge in [-0.15, -0.1) is 0 Å². The van der Waals surface area contributed by atoms with Crippen molar-refractivity contribution in [3.05, 3.63) is 0 Å². The van der Waals surface area contributed by atoms with Gasteiger partial charge in [0.15, 0.2) is 0 Å². The maximum absolute atomic E-state index is 12.2. The highest BCUT2D eigenvalue weighted by atomic mass is 31.2. The molecule has 1 saturated carbocycles. The highest BCUT2D eigenvalue weighted by molar-refractivity contribution is 7.53. The highest BCUT2D eigenvalue weighted by Crippen LogP contribution is 2.51. The molecule has 0 aromatic heterocycles. The minimum Gasteiger partial charge on any atom is -0.309 e. The van der Waals surface area contributed by atoms with Gasteiger partial charge >= 0.3 is 7.60 Å². The van der Waals surface area contributed by atoms with E-state index >= 15 is 0 Å². The van der Waals surface area contributed by atoms with Crippen molar-refractivity contribution in [1.29, 1.82) is 0 Å². The molecule has 1 aliphatic carbocycles. The van der Waals surface area contributed by atoms with Crippen LogP contribution in [0.25, 0.3) is 0 Å². The predicted octanol–water partition coefficient (Wildman–Crippen LogP) is 3.83. The van der Waals surface area contributed by atoms with Gasteiger partial charge in [0.2, 0.25) is 0 Å². The SMILES string of the molecule is CCOP(=O)(CC1CCCCC1)OCC. The van der Waals surface area contributed by atoms with Crippen LogP contribution in [0.3, 0.4) is 0 Å². The maximum Gasteiger partial charge on any atom is 0.330 e. The summed E-state index contributed by atoms with van der Waals surface area (Å²) < 4.78 is 22.8. The van der Waals surface area contributed by atoms with Crippen molar-refractivity contribution in [1.82, 2.24) is 0 Å². The van der Waals surface area contributed by atoms with Gasteiger partial charge in [0.1, 0.15) is 0 Å². The summed E-state index contributed by atoms with van der Waals surface area (Å²) in [6.45, 7) is 4.69. The molecule has 0 radical (unpaired) electrons. The van der Waals surface area contributed by atoms with Gasteiger partial charge < -0.3 is 9.05 Å². The largest absolute Gasteiger partial charge is 0.330 e. The number of hydrogen-bond donors (Lipinski definition) is 0. The first-order chi connectivity index (χ1) is 7.20. The quantitative estimate of drug-likeness (QED) is 0.655. The first kappa shape index (κ1) is 13.2. The van der Waals surface area contributed by atoms with Crippen molar-refractivity contribution in [3.8, 4) is 0 Å². The molecule has 0 heterocycles. The van der Waals surface area contributed by atoms with Gasteiger partial charge in [-0.2, -0.15) is 0 Å². The summed E-state index contributed by atoms with van der Waals surface area (Å²) in [7, 11) is -2.79. The first-order valence-electron chi connectivity index (χ1n) is 6.08. The van der Waals surface area contributed by atoms with Gasteiger partial charge in [-0.1, -0.05) is 19.3 Å². The van der Waals surface area contributed by atoms with Crippen LogP contribution < -0.4 is 0 Å². The van der Waals surface area contributed by atoms with Crippen LogP contribution >= 0.6 is 7.60 Å². The molecule has 0 saturated heterocycles. The lowest BCUT2D eigenvalue weighted by atomic mass is 9.91. The summed E-state index contributed by atoms with van der Waals surface area (Å²) in [4.78, 5) is 0. The minimum absolute atomic E-state index is 0.476. The Hall–Kier alpha value is 0.150. The molecular weight excluding hydrogens is 211 g/mol. The van der Waals surface area contributed by atoms with Gasteiger partial charge in [-0.3, -0.25) is 4.57 Å². The van der Waals surface area contributed by atoms with Crippen LogP contribution in [0.1, 0.15) is 46.0 Å². The van der Waals surface area contributed by atoms with E-state index in [1.807, 2.05) is 13.8 Å². The standard InChI is InChI=1S/C11H23O3P/c1-3-13-15(12,14-4-2)10-11-8-6-5-7-9-11/h11H,3-10H2,1-2H3. The Balaban J connectivity index is 2.45. The molecule has 1 rings (SSSR count). The third kappa shape index (κ3) is 4.67. The molecule has 0 unspecified atom stereocenters. The fourth-order valence-electron chi connectivity index (χ4n) is 2.22.